The second-order valence-electron chi connectivity index (χ2n) is 8.51. The van der Waals surface area contributed by atoms with Crippen LogP contribution in [0.5, 0.6) is 5.75 Å². The lowest BCUT2D eigenvalue weighted by atomic mass is 10.1. The maximum absolute atomic E-state index is 15.8. The number of ether oxygens (including phenoxy) is 1. The molecule has 18 heteroatoms. The fourth-order valence-corrected chi connectivity index (χ4v) is 7.22. The fraction of sp³-hybridized carbons (Fsp3) is 0.346. The number of carbonyl (C=O) groups excluding carboxylic acids is 3. The summed E-state index contributed by atoms with van der Waals surface area (Å²) in [5.74, 6) is -15.5. The molecule has 0 radical (unpaired) electrons. The second kappa shape index (κ2) is 15.2. The van der Waals surface area contributed by atoms with E-state index in [0.717, 1.165) is 47.8 Å². The van der Waals surface area contributed by atoms with Crippen molar-refractivity contribution in [3.8, 4) is 5.75 Å². The Hall–Kier alpha value is -2.43. The van der Waals surface area contributed by atoms with E-state index in [0.29, 0.717) is 11.3 Å². The van der Waals surface area contributed by atoms with Crippen molar-refractivity contribution in [2.24, 2.45) is 0 Å². The molecule has 0 atom stereocenters. The smallest absolute Gasteiger partial charge is 0.404 e. The van der Waals surface area contributed by atoms with E-state index in [1.165, 1.54) is 0 Å². The molecule has 2 aromatic carbocycles. The van der Waals surface area contributed by atoms with Gasteiger partial charge in [-0.05, 0) is 23.6 Å². The highest BCUT2D eigenvalue weighted by Crippen LogP contribution is 2.67. The molecule has 1 aromatic heterocycles. The second-order valence-corrected chi connectivity index (χ2v) is 14.0. The minimum Gasteiger partial charge on any atom is -0.416 e. The number of fused-ring (bicyclic) bond motifs is 1. The zero-order chi connectivity index (χ0) is 32.8. The first kappa shape index (κ1) is 36.0. The van der Waals surface area contributed by atoms with Gasteiger partial charge in [0.2, 0.25) is 34.8 Å². The molecule has 0 amide bonds. The van der Waals surface area contributed by atoms with Crippen LogP contribution in [0.25, 0.3) is 10.1 Å². The molecule has 0 spiro atoms. The van der Waals surface area contributed by atoms with Gasteiger partial charge in [0.1, 0.15) is 4.88 Å². The van der Waals surface area contributed by atoms with Gasteiger partial charge in [0.25, 0.3) is 0 Å². The molecule has 7 nitrogen and oxygen atoms in total. The number of hydrogen-bond donors (Lipinski definition) is 0. The van der Waals surface area contributed by atoms with Crippen molar-refractivity contribution < 1.29 is 63.5 Å². The van der Waals surface area contributed by atoms with E-state index in [4.69, 9.17) is 9.05 Å². The quantitative estimate of drug-likeness (QED) is 0.0311. The van der Waals surface area contributed by atoms with E-state index in [9.17, 15) is 40.9 Å². The summed E-state index contributed by atoms with van der Waals surface area (Å²) in [5.41, 5.74) is -5.15. The van der Waals surface area contributed by atoms with Crippen LogP contribution in [0, 0.1) is 29.1 Å². The number of carbonyl (C=O) groups is 3. The molecule has 0 saturated heterocycles. The molecule has 3 rings (SSSR count). The molecule has 0 saturated carbocycles. The molecule has 0 aliphatic carbocycles. The van der Waals surface area contributed by atoms with E-state index >= 15 is 8.78 Å². The number of thioether (sulfide) groups is 2. The van der Waals surface area contributed by atoms with Crippen LogP contribution in [0.15, 0.2) is 24.3 Å². The van der Waals surface area contributed by atoms with Crippen LogP contribution in [0.1, 0.15) is 41.9 Å². The Labute approximate surface area is 258 Å². The Morgan fingerprint density at radius 2 is 1.32 bits per heavy atom. The third-order valence-corrected chi connectivity index (χ3v) is 10.6. The minimum atomic E-state index is -5.30. The third kappa shape index (κ3) is 8.04. The van der Waals surface area contributed by atoms with Crippen molar-refractivity contribution in [3.63, 3.8) is 0 Å². The monoisotopic (exact) mass is 706 g/mol. The lowest BCUT2D eigenvalue weighted by molar-refractivity contribution is -0.111. The predicted octanol–water partition coefficient (Wildman–Crippen LogP) is 8.43. The summed E-state index contributed by atoms with van der Waals surface area (Å²) in [6.45, 7) is 2.11. The highest BCUT2D eigenvalue weighted by atomic mass is 32.2. The molecule has 0 N–H and O–H groups in total. The van der Waals surface area contributed by atoms with Gasteiger partial charge in [-0.3, -0.25) is 14.2 Å². The van der Waals surface area contributed by atoms with Gasteiger partial charge in [-0.25, -0.2) is 18.0 Å². The number of thiophene rings is 1. The summed E-state index contributed by atoms with van der Waals surface area (Å²) >= 11 is 2.16. The van der Waals surface area contributed by atoms with Crippen molar-refractivity contribution in [2.75, 3.05) is 24.7 Å². The Morgan fingerprint density at radius 1 is 0.818 bits per heavy atom. The number of alkyl halides is 2. The van der Waals surface area contributed by atoms with Crippen LogP contribution in [-0.2, 0) is 28.9 Å². The van der Waals surface area contributed by atoms with Gasteiger partial charge < -0.3 is 13.8 Å². The summed E-state index contributed by atoms with van der Waals surface area (Å²) in [6, 6.07) is 3.77. The van der Waals surface area contributed by atoms with Gasteiger partial charge in [0.15, 0.2) is 10.2 Å². The summed E-state index contributed by atoms with van der Waals surface area (Å²) in [7, 11) is -5.30. The van der Waals surface area contributed by atoms with Gasteiger partial charge in [-0.1, -0.05) is 43.4 Å². The van der Waals surface area contributed by atoms with Gasteiger partial charge in [0, 0.05) is 34.6 Å². The zero-order valence-corrected chi connectivity index (χ0v) is 26.1. The van der Waals surface area contributed by atoms with Crippen molar-refractivity contribution in [3.05, 3.63) is 63.8 Å². The number of hydrogen-bond acceptors (Lipinski definition) is 10. The van der Waals surface area contributed by atoms with Crippen molar-refractivity contribution in [1.82, 2.24) is 0 Å². The average Bonchev–Trinajstić information content (AvgIpc) is 3.45. The molecular formula is C26H22F7O7PS3. The van der Waals surface area contributed by atoms with Crippen molar-refractivity contribution >= 4 is 68.7 Å². The van der Waals surface area contributed by atoms with Crippen molar-refractivity contribution in [2.45, 2.75) is 32.4 Å². The van der Waals surface area contributed by atoms with Crippen molar-refractivity contribution in [1.29, 1.82) is 0 Å². The Bertz CT molecular complexity index is 1560. The summed E-state index contributed by atoms with van der Waals surface area (Å²) in [4.78, 5) is 35.1. The first-order valence-corrected chi connectivity index (χ1v) is 16.9. The normalized spacial score (nSPS) is 12.1. The summed E-state index contributed by atoms with van der Waals surface area (Å²) in [6.07, 6.45) is 0.352. The Balaban J connectivity index is 1.88. The van der Waals surface area contributed by atoms with Crippen LogP contribution in [-0.4, -0.2) is 40.9 Å². The standard InChI is InChI=1S/C26H22F7O7PS3/c1-3-17(34)42-9-7-38-41(37,39-8-10-43-18(35)4-2)26(32,33)14-5-6-15-13(11-14)12-16(44-15)25(36)40-24-22(30)20(28)19(27)21(29)23(24)31/h5-6,11-12H,3-4,7-10H2,1-2H3. The maximum atomic E-state index is 15.8. The minimum absolute atomic E-state index is 0.0590. The summed E-state index contributed by atoms with van der Waals surface area (Å²) in [5, 5.41) is -0.553. The number of halogens is 7. The molecule has 0 bridgehead atoms. The van der Waals surface area contributed by atoms with E-state index in [2.05, 4.69) is 4.74 Å². The fourth-order valence-electron chi connectivity index (χ4n) is 3.34. The summed E-state index contributed by atoms with van der Waals surface area (Å²) < 4.78 is 128. The third-order valence-electron chi connectivity index (χ3n) is 5.57. The molecule has 0 fully saturated rings. The number of benzene rings is 2. The first-order chi connectivity index (χ1) is 20.7. The number of esters is 1. The highest BCUT2D eigenvalue weighted by molar-refractivity contribution is 8.13. The van der Waals surface area contributed by atoms with Crippen LogP contribution in [0.4, 0.5) is 30.7 Å². The lowest BCUT2D eigenvalue weighted by Crippen LogP contribution is -2.20. The molecule has 3 aromatic rings. The van der Waals surface area contributed by atoms with E-state index in [-0.39, 0.29) is 44.7 Å². The Morgan fingerprint density at radius 3 is 1.82 bits per heavy atom. The zero-order valence-electron chi connectivity index (χ0n) is 22.7. The molecule has 1 heterocycles. The molecule has 44 heavy (non-hydrogen) atoms. The van der Waals surface area contributed by atoms with Crippen LogP contribution < -0.4 is 4.74 Å². The lowest BCUT2D eigenvalue weighted by Gasteiger charge is -2.26. The molecular weight excluding hydrogens is 684 g/mol. The maximum Gasteiger partial charge on any atom is 0.404 e. The molecule has 240 valence electrons. The van der Waals surface area contributed by atoms with Gasteiger partial charge in [-0.15, -0.1) is 11.3 Å². The van der Waals surface area contributed by atoms with Gasteiger partial charge >= 0.3 is 19.2 Å². The topological polar surface area (TPSA) is 96.0 Å². The van der Waals surface area contributed by atoms with Gasteiger partial charge in [0.05, 0.1) is 13.2 Å². The van der Waals surface area contributed by atoms with Gasteiger partial charge in [-0.2, -0.15) is 17.6 Å². The predicted molar refractivity (Wildman–Crippen MR) is 152 cm³/mol. The van der Waals surface area contributed by atoms with Crippen LogP contribution in [0.2, 0.25) is 0 Å². The SMILES string of the molecule is CCC(=O)SCCOP(=O)(OCCSC(=O)CC)C(F)(F)c1ccc2sc(C(=O)Oc3c(F)c(F)c(F)c(F)c3F)cc2c1. The Kier molecular flexibility index (Phi) is 12.5. The van der Waals surface area contributed by atoms with E-state index < -0.39 is 77.7 Å². The molecule has 0 unspecified atom stereocenters. The van der Waals surface area contributed by atoms with Crippen LogP contribution >= 0.6 is 42.5 Å². The number of rotatable bonds is 14. The molecule has 0 aliphatic heterocycles. The molecule has 0 aliphatic rings. The highest BCUT2D eigenvalue weighted by Gasteiger charge is 2.55. The first-order valence-electron chi connectivity index (χ1n) is 12.5. The van der Waals surface area contributed by atoms with Crippen LogP contribution in [0.3, 0.4) is 0 Å². The van der Waals surface area contributed by atoms with E-state index in [1.54, 1.807) is 13.8 Å². The van der Waals surface area contributed by atoms with E-state index in [1.807, 2.05) is 0 Å². The average molecular weight is 707 g/mol. The largest absolute Gasteiger partial charge is 0.416 e.